The van der Waals surface area contributed by atoms with Gasteiger partial charge in [-0.1, -0.05) is 12.1 Å². The van der Waals surface area contributed by atoms with E-state index in [4.69, 9.17) is 19.9 Å². The number of carbonyl (C=O) groups excluding carboxylic acids is 3. The largest absolute Gasteiger partial charge is 0.494 e. The predicted molar refractivity (Wildman–Crippen MR) is 115 cm³/mol. The topological polar surface area (TPSA) is 114 Å². The van der Waals surface area contributed by atoms with Crippen LogP contribution in [0.1, 0.15) is 46.3 Å². The molecule has 1 amide bonds. The zero-order valence-electron chi connectivity index (χ0n) is 17.8. The maximum Gasteiger partial charge on any atom is 0.338 e. The lowest BCUT2D eigenvalue weighted by Gasteiger charge is -2.08. The lowest BCUT2D eigenvalue weighted by Crippen LogP contribution is -2.10. The smallest absolute Gasteiger partial charge is 0.338 e. The minimum absolute atomic E-state index is 0.111. The van der Waals surface area contributed by atoms with Crippen LogP contribution < -0.4 is 10.5 Å². The zero-order valence-corrected chi connectivity index (χ0v) is 17.8. The lowest BCUT2D eigenvalue weighted by atomic mass is 10.0. The fourth-order valence-corrected chi connectivity index (χ4v) is 3.13. The minimum Gasteiger partial charge on any atom is -0.494 e. The molecule has 1 heterocycles. The first-order valence-electron chi connectivity index (χ1n) is 10.2. The number of hydrogen-bond acceptors (Lipinski definition) is 7. The van der Waals surface area contributed by atoms with E-state index in [-0.39, 0.29) is 12.5 Å². The van der Waals surface area contributed by atoms with E-state index in [1.165, 1.54) is 13.2 Å². The molecule has 2 aromatic carbocycles. The van der Waals surface area contributed by atoms with Gasteiger partial charge in [0.05, 0.1) is 25.4 Å². The molecule has 1 aliphatic heterocycles. The van der Waals surface area contributed by atoms with E-state index in [1.807, 2.05) is 18.2 Å². The summed E-state index contributed by atoms with van der Waals surface area (Å²) in [5.74, 6) is -0.145. The Kier molecular flexibility index (Phi) is 7.85. The second-order valence-electron chi connectivity index (χ2n) is 7.18. The molecule has 2 aromatic rings. The van der Waals surface area contributed by atoms with Crippen LogP contribution in [0.25, 0.3) is 5.76 Å². The highest BCUT2D eigenvalue weighted by molar-refractivity contribution is 5.91. The molecule has 0 atom stereocenters. The van der Waals surface area contributed by atoms with Crippen molar-refractivity contribution in [3.8, 4) is 5.75 Å². The molecule has 0 bridgehead atoms. The molecule has 2 N–H and O–H groups in total. The summed E-state index contributed by atoms with van der Waals surface area (Å²) in [5.41, 5.74) is 8.05. The summed E-state index contributed by atoms with van der Waals surface area (Å²) in [5, 5.41) is 0. The van der Waals surface area contributed by atoms with Gasteiger partial charge in [0.15, 0.2) is 0 Å². The molecule has 0 saturated carbocycles. The summed E-state index contributed by atoms with van der Waals surface area (Å²) in [4.78, 5) is 34.5. The van der Waals surface area contributed by atoms with Gasteiger partial charge in [-0.25, -0.2) is 9.59 Å². The number of hydrogen-bond donors (Lipinski definition) is 1. The number of primary amides is 1. The average Bonchev–Trinajstić information content (AvgIpc) is 3.19. The summed E-state index contributed by atoms with van der Waals surface area (Å²) in [6.45, 7) is 0.917. The molecule has 0 radical (unpaired) electrons. The first-order valence-corrected chi connectivity index (χ1v) is 10.2. The Labute approximate surface area is 185 Å². The standard InChI is InChI=1S/C24H25NO7/c1-29-23(27)13-21-20-10-5-16(12-18(20)15-31-21)14-32-24(28)17-6-8-19(9-7-17)30-11-3-2-4-22(25)26/h5-10,12-13H,2-4,11,14-15H2,1H3,(H2,25,26)/b21-13+. The number of unbranched alkanes of at least 4 members (excludes halogenated alkanes) is 1. The maximum atomic E-state index is 12.3. The second-order valence-corrected chi connectivity index (χ2v) is 7.18. The van der Waals surface area contributed by atoms with Crippen molar-refractivity contribution < 1.29 is 33.3 Å². The summed E-state index contributed by atoms with van der Waals surface area (Å²) < 4.78 is 21.1. The van der Waals surface area contributed by atoms with E-state index in [1.54, 1.807) is 24.3 Å². The summed E-state index contributed by atoms with van der Waals surface area (Å²) in [7, 11) is 1.31. The number of esters is 2. The van der Waals surface area contributed by atoms with Crippen molar-refractivity contribution >= 4 is 23.6 Å². The number of fused-ring (bicyclic) bond motifs is 1. The SMILES string of the molecule is COC(=O)/C=C1/OCc2cc(COC(=O)c3ccc(OCCCCC(N)=O)cc3)ccc21. The summed E-state index contributed by atoms with van der Waals surface area (Å²) in [6, 6.07) is 12.2. The van der Waals surface area contributed by atoms with Gasteiger partial charge in [0.25, 0.3) is 0 Å². The third-order valence-electron chi connectivity index (χ3n) is 4.81. The van der Waals surface area contributed by atoms with Crippen LogP contribution in [0.5, 0.6) is 5.75 Å². The quantitative estimate of drug-likeness (QED) is 0.344. The fraction of sp³-hybridized carbons (Fsp3) is 0.292. The van der Waals surface area contributed by atoms with Crippen molar-refractivity contribution in [1.29, 1.82) is 0 Å². The van der Waals surface area contributed by atoms with Crippen LogP contribution in [0.3, 0.4) is 0 Å². The van der Waals surface area contributed by atoms with Crippen LogP contribution in [-0.2, 0) is 37.0 Å². The van der Waals surface area contributed by atoms with Gasteiger partial charge in [0, 0.05) is 17.5 Å². The van der Waals surface area contributed by atoms with Gasteiger partial charge in [-0.2, -0.15) is 0 Å². The van der Waals surface area contributed by atoms with E-state index >= 15 is 0 Å². The van der Waals surface area contributed by atoms with Gasteiger partial charge in [-0.15, -0.1) is 0 Å². The van der Waals surface area contributed by atoms with E-state index in [9.17, 15) is 14.4 Å². The number of rotatable bonds is 10. The maximum absolute atomic E-state index is 12.3. The Balaban J connectivity index is 1.49. The van der Waals surface area contributed by atoms with E-state index < -0.39 is 11.9 Å². The Hall–Kier alpha value is -3.81. The average molecular weight is 439 g/mol. The first kappa shape index (κ1) is 22.9. The highest BCUT2D eigenvalue weighted by Crippen LogP contribution is 2.30. The number of benzene rings is 2. The highest BCUT2D eigenvalue weighted by atomic mass is 16.5. The molecule has 32 heavy (non-hydrogen) atoms. The van der Waals surface area contributed by atoms with Crippen molar-refractivity contribution in [3.05, 3.63) is 70.8 Å². The molecule has 8 heteroatoms. The summed E-state index contributed by atoms with van der Waals surface area (Å²) in [6.07, 6.45) is 3.05. The molecule has 0 saturated heterocycles. The van der Waals surface area contributed by atoms with E-state index in [0.29, 0.717) is 43.1 Å². The summed E-state index contributed by atoms with van der Waals surface area (Å²) >= 11 is 0. The van der Waals surface area contributed by atoms with Gasteiger partial charge in [0.1, 0.15) is 24.7 Å². The van der Waals surface area contributed by atoms with Gasteiger partial charge in [-0.05, 0) is 48.7 Å². The Bertz CT molecular complexity index is 1010. The molecule has 8 nitrogen and oxygen atoms in total. The van der Waals surface area contributed by atoms with Crippen LogP contribution in [-0.4, -0.2) is 31.6 Å². The second kappa shape index (κ2) is 11.0. The molecule has 168 valence electrons. The van der Waals surface area contributed by atoms with Gasteiger partial charge < -0.3 is 24.7 Å². The fourth-order valence-electron chi connectivity index (χ4n) is 3.13. The lowest BCUT2D eigenvalue weighted by molar-refractivity contribution is -0.134. The van der Waals surface area contributed by atoms with Crippen molar-refractivity contribution in [2.75, 3.05) is 13.7 Å². The number of ether oxygens (including phenoxy) is 4. The monoisotopic (exact) mass is 439 g/mol. The predicted octanol–water partition coefficient (Wildman–Crippen LogP) is 3.12. The highest BCUT2D eigenvalue weighted by Gasteiger charge is 2.19. The molecule has 3 rings (SSSR count). The van der Waals surface area contributed by atoms with E-state index in [0.717, 1.165) is 23.1 Å². The molecule has 0 fully saturated rings. The van der Waals surface area contributed by atoms with Gasteiger partial charge in [-0.3, -0.25) is 4.79 Å². The van der Waals surface area contributed by atoms with Crippen LogP contribution in [0, 0.1) is 0 Å². The Morgan fingerprint density at radius 2 is 1.88 bits per heavy atom. The van der Waals surface area contributed by atoms with Crippen molar-refractivity contribution in [2.24, 2.45) is 5.73 Å². The molecular weight excluding hydrogens is 414 g/mol. The van der Waals surface area contributed by atoms with E-state index in [2.05, 4.69) is 4.74 Å². The number of methoxy groups -OCH3 is 1. The van der Waals surface area contributed by atoms with Crippen molar-refractivity contribution in [3.63, 3.8) is 0 Å². The molecule has 0 unspecified atom stereocenters. The van der Waals surface area contributed by atoms with Crippen molar-refractivity contribution in [1.82, 2.24) is 0 Å². The van der Waals surface area contributed by atoms with Crippen LogP contribution in [0.2, 0.25) is 0 Å². The molecule has 0 aromatic heterocycles. The van der Waals surface area contributed by atoms with Crippen LogP contribution >= 0.6 is 0 Å². The third kappa shape index (κ3) is 6.34. The number of carbonyl (C=O) groups is 3. The molecule has 1 aliphatic rings. The third-order valence-corrected chi connectivity index (χ3v) is 4.81. The Morgan fingerprint density at radius 3 is 2.59 bits per heavy atom. The Morgan fingerprint density at radius 1 is 1.09 bits per heavy atom. The number of amides is 1. The van der Waals surface area contributed by atoms with Crippen molar-refractivity contribution in [2.45, 2.75) is 32.5 Å². The van der Waals surface area contributed by atoms with Crippen LogP contribution in [0.4, 0.5) is 0 Å². The molecule has 0 spiro atoms. The zero-order chi connectivity index (χ0) is 22.9. The molecular formula is C24H25NO7. The van der Waals surface area contributed by atoms with Gasteiger partial charge in [0.2, 0.25) is 5.91 Å². The normalized spacial score (nSPS) is 13.2. The number of nitrogens with two attached hydrogens (primary N) is 1. The van der Waals surface area contributed by atoms with Crippen LogP contribution in [0.15, 0.2) is 48.5 Å². The first-order chi connectivity index (χ1) is 15.5. The van der Waals surface area contributed by atoms with Gasteiger partial charge >= 0.3 is 11.9 Å². The molecule has 0 aliphatic carbocycles. The minimum atomic E-state index is -0.481.